The van der Waals surface area contributed by atoms with Gasteiger partial charge in [-0.3, -0.25) is 9.36 Å². The van der Waals surface area contributed by atoms with E-state index < -0.39 is 23.1 Å². The first-order chi connectivity index (χ1) is 15.9. The minimum Gasteiger partial charge on any atom is -0.322 e. The zero-order valence-corrected chi connectivity index (χ0v) is 18.8. The Kier molecular flexibility index (Phi) is 6.74. The van der Waals surface area contributed by atoms with Crippen LogP contribution < -0.4 is 17.0 Å². The number of halogens is 3. The molecule has 4 rings (SSSR count). The summed E-state index contributed by atoms with van der Waals surface area (Å²) in [5.74, 6) is -0.661. The van der Waals surface area contributed by atoms with Crippen LogP contribution in [0.5, 0.6) is 0 Å². The van der Waals surface area contributed by atoms with Gasteiger partial charge in [0, 0.05) is 22.5 Å². The summed E-state index contributed by atoms with van der Waals surface area (Å²) >= 11 is 12.6. The van der Waals surface area contributed by atoms with Gasteiger partial charge < -0.3 is 5.73 Å². The lowest BCUT2D eigenvalue weighted by Gasteiger charge is -2.17. The average molecular weight is 485 g/mol. The van der Waals surface area contributed by atoms with E-state index in [9.17, 15) is 14.0 Å². The molecule has 1 heterocycles. The molecule has 0 aliphatic heterocycles. The van der Waals surface area contributed by atoms with Crippen LogP contribution >= 0.6 is 23.2 Å². The Balaban J connectivity index is 1.89. The summed E-state index contributed by atoms with van der Waals surface area (Å²) in [5.41, 5.74) is 5.96. The minimum atomic E-state index is -0.800. The van der Waals surface area contributed by atoms with Crippen LogP contribution in [-0.4, -0.2) is 14.3 Å². The van der Waals surface area contributed by atoms with E-state index in [0.29, 0.717) is 15.6 Å². The van der Waals surface area contributed by atoms with Crippen molar-refractivity contribution in [1.29, 1.82) is 0 Å². The highest BCUT2D eigenvalue weighted by atomic mass is 35.5. The molecule has 3 aromatic carbocycles. The SMILES string of the molecule is NC(Cn1c(=O)c(Cc2c(Cl)cccc2Cl)nn(-c2ccccc2F)c1=O)c1ccccc1. The Hall–Kier alpha value is -3.26. The molecule has 1 unspecified atom stereocenters. The number of nitrogens with two attached hydrogens (primary N) is 1. The number of aromatic nitrogens is 3. The second kappa shape index (κ2) is 9.70. The predicted octanol–water partition coefficient (Wildman–Crippen LogP) is 4.13. The molecule has 33 heavy (non-hydrogen) atoms. The van der Waals surface area contributed by atoms with Crippen molar-refractivity contribution >= 4 is 23.2 Å². The standard InChI is InChI=1S/C24H19Cl2FN4O2/c25-17-9-6-10-18(26)16(17)13-21-23(32)30(14-20(28)15-7-2-1-3-8-15)24(33)31(29-21)22-12-5-4-11-19(22)27/h1-12,20H,13-14,28H2. The summed E-state index contributed by atoms with van der Waals surface area (Å²) < 4.78 is 16.4. The third-order valence-corrected chi connectivity index (χ3v) is 5.93. The van der Waals surface area contributed by atoms with E-state index in [1.165, 1.54) is 18.2 Å². The average Bonchev–Trinajstić information content (AvgIpc) is 2.81. The molecular formula is C24H19Cl2FN4O2. The van der Waals surface area contributed by atoms with Gasteiger partial charge in [0.25, 0.3) is 5.56 Å². The molecule has 1 aromatic heterocycles. The van der Waals surface area contributed by atoms with Crippen LogP contribution in [0.3, 0.4) is 0 Å². The van der Waals surface area contributed by atoms with Gasteiger partial charge in [-0.1, -0.05) is 71.7 Å². The van der Waals surface area contributed by atoms with Crippen molar-refractivity contribution in [2.24, 2.45) is 5.73 Å². The number of para-hydroxylation sites is 1. The summed E-state index contributed by atoms with van der Waals surface area (Å²) in [7, 11) is 0. The van der Waals surface area contributed by atoms with E-state index in [4.69, 9.17) is 28.9 Å². The highest BCUT2D eigenvalue weighted by molar-refractivity contribution is 6.36. The fourth-order valence-electron chi connectivity index (χ4n) is 3.49. The molecule has 0 saturated carbocycles. The number of rotatable bonds is 6. The van der Waals surface area contributed by atoms with E-state index in [1.54, 1.807) is 36.4 Å². The monoisotopic (exact) mass is 484 g/mol. The Morgan fingerprint density at radius 3 is 2.21 bits per heavy atom. The van der Waals surface area contributed by atoms with Crippen LogP contribution in [0.25, 0.3) is 5.69 Å². The van der Waals surface area contributed by atoms with Gasteiger partial charge in [-0.25, -0.2) is 9.18 Å². The molecular weight excluding hydrogens is 466 g/mol. The summed E-state index contributed by atoms with van der Waals surface area (Å²) in [6.07, 6.45) is -0.0490. The molecule has 9 heteroatoms. The second-order valence-corrected chi connectivity index (χ2v) is 8.22. The summed E-state index contributed by atoms with van der Waals surface area (Å²) in [6.45, 7) is -0.123. The molecule has 2 N–H and O–H groups in total. The minimum absolute atomic E-state index is 0.0203. The van der Waals surface area contributed by atoms with Gasteiger partial charge in [-0.15, -0.1) is 0 Å². The maximum absolute atomic E-state index is 14.5. The van der Waals surface area contributed by atoms with E-state index >= 15 is 0 Å². The van der Waals surface area contributed by atoms with Crippen molar-refractivity contribution in [3.05, 3.63) is 126 Å². The summed E-state index contributed by atoms with van der Waals surface area (Å²) in [6, 6.07) is 19.1. The molecule has 0 amide bonds. The van der Waals surface area contributed by atoms with Crippen molar-refractivity contribution in [2.75, 3.05) is 0 Å². The quantitative estimate of drug-likeness (QED) is 0.445. The Morgan fingerprint density at radius 2 is 1.55 bits per heavy atom. The normalized spacial score (nSPS) is 12.0. The van der Waals surface area contributed by atoms with Crippen LogP contribution in [0.4, 0.5) is 4.39 Å². The lowest BCUT2D eigenvalue weighted by atomic mass is 10.1. The van der Waals surface area contributed by atoms with Crippen LogP contribution in [0.2, 0.25) is 10.0 Å². The van der Waals surface area contributed by atoms with Crippen molar-refractivity contribution in [3.63, 3.8) is 0 Å². The van der Waals surface area contributed by atoms with Crippen LogP contribution in [0.1, 0.15) is 22.9 Å². The number of benzene rings is 3. The van der Waals surface area contributed by atoms with Crippen molar-refractivity contribution in [2.45, 2.75) is 19.0 Å². The molecule has 4 aromatic rings. The van der Waals surface area contributed by atoms with Gasteiger partial charge in [0.05, 0.1) is 6.54 Å². The highest BCUT2D eigenvalue weighted by Gasteiger charge is 2.20. The molecule has 0 aliphatic carbocycles. The maximum Gasteiger partial charge on any atom is 0.352 e. The molecule has 1 atom stereocenters. The smallest absolute Gasteiger partial charge is 0.322 e. The van der Waals surface area contributed by atoms with E-state index in [-0.39, 0.29) is 24.3 Å². The lowest BCUT2D eigenvalue weighted by Crippen LogP contribution is -2.45. The van der Waals surface area contributed by atoms with Gasteiger partial charge in [-0.2, -0.15) is 9.78 Å². The van der Waals surface area contributed by atoms with Crippen LogP contribution in [-0.2, 0) is 13.0 Å². The highest BCUT2D eigenvalue weighted by Crippen LogP contribution is 2.25. The predicted molar refractivity (Wildman–Crippen MR) is 127 cm³/mol. The first-order valence-electron chi connectivity index (χ1n) is 10.1. The maximum atomic E-state index is 14.5. The first-order valence-corrected chi connectivity index (χ1v) is 10.8. The lowest BCUT2D eigenvalue weighted by molar-refractivity contribution is 0.497. The van der Waals surface area contributed by atoms with Gasteiger partial charge in [-0.05, 0) is 35.4 Å². The van der Waals surface area contributed by atoms with E-state index in [1.807, 2.05) is 18.2 Å². The van der Waals surface area contributed by atoms with E-state index in [2.05, 4.69) is 5.10 Å². The third kappa shape index (κ3) is 4.75. The fourth-order valence-corrected chi connectivity index (χ4v) is 4.02. The number of hydrogen-bond donors (Lipinski definition) is 1. The largest absolute Gasteiger partial charge is 0.352 e. The third-order valence-electron chi connectivity index (χ3n) is 5.22. The fraction of sp³-hybridized carbons (Fsp3) is 0.125. The Labute approximate surface area is 198 Å². The van der Waals surface area contributed by atoms with Crippen molar-refractivity contribution in [1.82, 2.24) is 14.3 Å². The Bertz CT molecular complexity index is 1400. The molecule has 0 bridgehead atoms. The molecule has 0 spiro atoms. The molecule has 0 saturated heterocycles. The summed E-state index contributed by atoms with van der Waals surface area (Å²) in [5, 5.41) is 4.89. The summed E-state index contributed by atoms with van der Waals surface area (Å²) in [4.78, 5) is 26.5. The molecule has 168 valence electrons. The zero-order valence-electron chi connectivity index (χ0n) is 17.3. The van der Waals surface area contributed by atoms with Crippen molar-refractivity contribution < 1.29 is 4.39 Å². The van der Waals surface area contributed by atoms with Crippen LogP contribution in [0.15, 0.2) is 82.4 Å². The zero-order chi connectivity index (χ0) is 23.5. The first kappa shape index (κ1) is 22.9. The van der Waals surface area contributed by atoms with Gasteiger partial charge in [0.15, 0.2) is 0 Å². The number of nitrogens with zero attached hydrogens (tertiary/aromatic N) is 3. The van der Waals surface area contributed by atoms with Gasteiger partial charge in [0.1, 0.15) is 17.2 Å². The second-order valence-electron chi connectivity index (χ2n) is 7.40. The van der Waals surface area contributed by atoms with Gasteiger partial charge >= 0.3 is 5.69 Å². The molecule has 0 radical (unpaired) electrons. The topological polar surface area (TPSA) is 82.9 Å². The van der Waals surface area contributed by atoms with Crippen LogP contribution in [0, 0.1) is 5.82 Å². The van der Waals surface area contributed by atoms with Crippen molar-refractivity contribution in [3.8, 4) is 5.69 Å². The van der Waals surface area contributed by atoms with E-state index in [0.717, 1.165) is 14.8 Å². The molecule has 0 aliphatic rings. The molecule has 0 fully saturated rings. The number of hydrogen-bond acceptors (Lipinski definition) is 4. The van der Waals surface area contributed by atoms with Gasteiger partial charge in [0.2, 0.25) is 0 Å². The Morgan fingerprint density at radius 1 is 0.909 bits per heavy atom. The molecule has 6 nitrogen and oxygen atoms in total.